The van der Waals surface area contributed by atoms with Crippen LogP contribution in [0.3, 0.4) is 0 Å². The lowest BCUT2D eigenvalue weighted by molar-refractivity contribution is 0.0970. The number of carbonyl (C=O) groups is 1. The highest BCUT2D eigenvalue weighted by Crippen LogP contribution is 2.29. The van der Waals surface area contributed by atoms with Crippen molar-refractivity contribution in [1.29, 1.82) is 0 Å². The van der Waals surface area contributed by atoms with Gasteiger partial charge in [-0.25, -0.2) is 13.4 Å². The Morgan fingerprint density at radius 2 is 2.03 bits per heavy atom. The van der Waals surface area contributed by atoms with Crippen molar-refractivity contribution in [3.05, 3.63) is 62.9 Å². The van der Waals surface area contributed by atoms with Crippen LogP contribution in [0, 0.1) is 13.8 Å². The maximum absolute atomic E-state index is 12.9. The molecule has 4 rings (SSSR count). The molecular formula is C20H20ClN3O4S. The molecule has 2 aromatic heterocycles. The summed E-state index contributed by atoms with van der Waals surface area (Å²) in [6, 6.07) is 6.43. The predicted molar refractivity (Wildman–Crippen MR) is 112 cm³/mol. The molecule has 1 fully saturated rings. The van der Waals surface area contributed by atoms with Gasteiger partial charge in [-0.1, -0.05) is 11.6 Å². The summed E-state index contributed by atoms with van der Waals surface area (Å²) < 4.78 is 26.9. The summed E-state index contributed by atoms with van der Waals surface area (Å²) >= 11 is 5.94. The van der Waals surface area contributed by atoms with E-state index in [1.807, 2.05) is 18.4 Å². The topological polar surface area (TPSA) is 91.0 Å². The van der Waals surface area contributed by atoms with E-state index in [1.165, 1.54) is 10.9 Å². The quantitative estimate of drug-likeness (QED) is 0.590. The lowest BCUT2D eigenvalue weighted by Crippen LogP contribution is -2.25. The van der Waals surface area contributed by atoms with E-state index in [2.05, 4.69) is 4.98 Å². The molecule has 0 bridgehead atoms. The Morgan fingerprint density at radius 3 is 2.72 bits per heavy atom. The number of aryl methyl sites for hydroxylation is 1. The largest absolute Gasteiger partial charge is 0.344 e. The monoisotopic (exact) mass is 433 g/mol. The standard InChI is InChI=1S/C20H20ClN3O4S/c1-12-7-17(13(2)24(12)15-5-6-29(27,28)10-15)19(25)9-23-11-22-18-8-14(21)3-4-16(18)20(23)26/h3-4,7-8,11,15H,5-6,9-10H2,1-2H3. The molecular weight excluding hydrogens is 414 g/mol. The van der Waals surface area contributed by atoms with Gasteiger partial charge in [0.2, 0.25) is 0 Å². The number of sulfone groups is 1. The van der Waals surface area contributed by atoms with Crippen LogP contribution in [-0.2, 0) is 16.4 Å². The van der Waals surface area contributed by atoms with Crippen molar-refractivity contribution in [2.24, 2.45) is 0 Å². The molecule has 3 aromatic rings. The molecule has 1 aliphatic heterocycles. The van der Waals surface area contributed by atoms with E-state index in [4.69, 9.17) is 11.6 Å². The summed E-state index contributed by atoms with van der Waals surface area (Å²) in [5.74, 6) is 0.0377. The van der Waals surface area contributed by atoms with E-state index in [0.29, 0.717) is 27.9 Å². The second-order valence-electron chi connectivity index (χ2n) is 7.47. The smallest absolute Gasteiger partial charge is 0.261 e. The number of Topliss-reactive ketones (excluding diaryl/α,β-unsaturated/α-hetero) is 1. The molecule has 1 saturated heterocycles. The summed E-state index contributed by atoms with van der Waals surface area (Å²) in [4.78, 5) is 29.9. The van der Waals surface area contributed by atoms with Crippen molar-refractivity contribution in [2.45, 2.75) is 32.9 Å². The number of fused-ring (bicyclic) bond motifs is 1. The van der Waals surface area contributed by atoms with Gasteiger partial charge in [-0.2, -0.15) is 0 Å². The molecule has 9 heteroatoms. The van der Waals surface area contributed by atoms with Crippen molar-refractivity contribution in [2.75, 3.05) is 11.5 Å². The number of rotatable bonds is 4. The van der Waals surface area contributed by atoms with Crippen LogP contribution in [0.15, 0.2) is 35.4 Å². The fourth-order valence-corrected chi connectivity index (χ4v) is 5.95. The molecule has 1 atom stereocenters. The minimum Gasteiger partial charge on any atom is -0.344 e. The third kappa shape index (κ3) is 3.62. The van der Waals surface area contributed by atoms with Gasteiger partial charge in [0.15, 0.2) is 15.6 Å². The first-order chi connectivity index (χ1) is 13.7. The number of hydrogen-bond acceptors (Lipinski definition) is 5. The van der Waals surface area contributed by atoms with E-state index < -0.39 is 9.84 Å². The van der Waals surface area contributed by atoms with Crippen LogP contribution in [0.2, 0.25) is 5.02 Å². The Balaban J connectivity index is 1.65. The molecule has 0 aliphatic carbocycles. The summed E-state index contributed by atoms with van der Waals surface area (Å²) in [6.45, 7) is 3.54. The first-order valence-corrected chi connectivity index (χ1v) is 11.4. The van der Waals surface area contributed by atoms with E-state index in [1.54, 1.807) is 24.3 Å². The van der Waals surface area contributed by atoms with Crippen LogP contribution in [0.1, 0.15) is 34.2 Å². The number of halogens is 1. The first kappa shape index (κ1) is 19.8. The number of ketones is 1. The maximum Gasteiger partial charge on any atom is 0.261 e. The van der Waals surface area contributed by atoms with Gasteiger partial charge in [-0.15, -0.1) is 0 Å². The molecule has 152 valence electrons. The number of hydrogen-bond donors (Lipinski definition) is 0. The fourth-order valence-electron chi connectivity index (χ4n) is 4.08. The van der Waals surface area contributed by atoms with Crippen molar-refractivity contribution < 1.29 is 13.2 Å². The van der Waals surface area contributed by atoms with Gasteiger partial charge in [-0.3, -0.25) is 14.2 Å². The third-order valence-corrected chi connectivity index (χ3v) is 7.44. The highest BCUT2D eigenvalue weighted by atomic mass is 35.5. The number of aromatic nitrogens is 3. The maximum atomic E-state index is 12.9. The molecule has 1 unspecified atom stereocenters. The van der Waals surface area contributed by atoms with Crippen LogP contribution >= 0.6 is 11.6 Å². The second-order valence-corrected chi connectivity index (χ2v) is 10.1. The van der Waals surface area contributed by atoms with Crippen LogP contribution in [0.4, 0.5) is 0 Å². The molecule has 3 heterocycles. The predicted octanol–water partition coefficient (Wildman–Crippen LogP) is 2.71. The Morgan fingerprint density at radius 1 is 1.28 bits per heavy atom. The van der Waals surface area contributed by atoms with E-state index in [0.717, 1.165) is 11.4 Å². The highest BCUT2D eigenvalue weighted by Gasteiger charge is 2.31. The zero-order chi connectivity index (χ0) is 20.9. The van der Waals surface area contributed by atoms with Crippen LogP contribution in [-0.4, -0.2) is 39.8 Å². The van der Waals surface area contributed by atoms with Crippen LogP contribution < -0.4 is 5.56 Å². The van der Waals surface area contributed by atoms with Crippen molar-refractivity contribution >= 4 is 38.1 Å². The lowest BCUT2D eigenvalue weighted by Gasteiger charge is -2.16. The minimum absolute atomic E-state index is 0.0909. The number of nitrogens with zero attached hydrogens (tertiary/aromatic N) is 3. The summed E-state index contributed by atoms with van der Waals surface area (Å²) in [6.07, 6.45) is 1.89. The Labute approximate surface area is 172 Å². The molecule has 0 N–H and O–H groups in total. The zero-order valence-electron chi connectivity index (χ0n) is 16.1. The van der Waals surface area contributed by atoms with Crippen molar-refractivity contribution in [3.8, 4) is 0 Å². The van der Waals surface area contributed by atoms with Gasteiger partial charge >= 0.3 is 0 Å². The molecule has 0 spiro atoms. The Bertz CT molecular complexity index is 1310. The van der Waals surface area contributed by atoms with Gasteiger partial charge in [-0.05, 0) is 44.5 Å². The molecule has 29 heavy (non-hydrogen) atoms. The molecule has 0 radical (unpaired) electrons. The molecule has 1 aromatic carbocycles. The number of benzene rings is 1. The second kappa shape index (κ2) is 7.11. The van der Waals surface area contributed by atoms with E-state index >= 15 is 0 Å². The average Bonchev–Trinajstić information content (AvgIpc) is 3.15. The van der Waals surface area contributed by atoms with Crippen LogP contribution in [0.25, 0.3) is 10.9 Å². The highest BCUT2D eigenvalue weighted by molar-refractivity contribution is 7.91. The third-order valence-electron chi connectivity index (χ3n) is 5.46. The van der Waals surface area contributed by atoms with Gasteiger partial charge in [0, 0.05) is 28.0 Å². The molecule has 1 aliphatic rings. The lowest BCUT2D eigenvalue weighted by atomic mass is 10.1. The Hall–Kier alpha value is -2.45. The average molecular weight is 434 g/mol. The minimum atomic E-state index is -3.04. The SMILES string of the molecule is Cc1cc(C(=O)Cn2cnc3cc(Cl)ccc3c2=O)c(C)n1C1CCS(=O)(=O)C1. The van der Waals surface area contributed by atoms with Crippen LogP contribution in [0.5, 0.6) is 0 Å². The van der Waals surface area contributed by atoms with Crippen molar-refractivity contribution in [3.63, 3.8) is 0 Å². The van der Waals surface area contributed by atoms with E-state index in [-0.39, 0.29) is 35.4 Å². The first-order valence-electron chi connectivity index (χ1n) is 9.23. The van der Waals surface area contributed by atoms with Gasteiger partial charge in [0.05, 0.1) is 35.3 Å². The summed E-state index contributed by atoms with van der Waals surface area (Å²) in [5, 5.41) is 0.880. The summed E-state index contributed by atoms with van der Waals surface area (Å²) in [7, 11) is -3.04. The number of carbonyl (C=O) groups excluding carboxylic acids is 1. The molecule has 7 nitrogen and oxygen atoms in total. The molecule has 0 saturated carbocycles. The van der Waals surface area contributed by atoms with Gasteiger partial charge in [0.25, 0.3) is 5.56 Å². The normalized spacial score (nSPS) is 18.4. The van der Waals surface area contributed by atoms with Crippen molar-refractivity contribution in [1.82, 2.24) is 14.1 Å². The zero-order valence-corrected chi connectivity index (χ0v) is 17.6. The summed E-state index contributed by atoms with van der Waals surface area (Å²) in [5.41, 5.74) is 2.23. The van der Waals surface area contributed by atoms with Gasteiger partial charge in [0.1, 0.15) is 0 Å². The molecule has 0 amide bonds. The van der Waals surface area contributed by atoms with E-state index in [9.17, 15) is 18.0 Å². The fraction of sp³-hybridized carbons (Fsp3) is 0.350. The Kier molecular flexibility index (Phi) is 4.86. The van der Waals surface area contributed by atoms with Gasteiger partial charge < -0.3 is 4.57 Å².